The van der Waals surface area contributed by atoms with Gasteiger partial charge in [0.1, 0.15) is 6.54 Å². The third-order valence-electron chi connectivity index (χ3n) is 5.35. The van der Waals surface area contributed by atoms with Crippen molar-refractivity contribution in [3.05, 3.63) is 70.8 Å². The number of hydrogen-bond donors (Lipinski definition) is 0. The molecule has 1 aliphatic rings. The van der Waals surface area contributed by atoms with Crippen molar-refractivity contribution in [3.8, 4) is 11.3 Å². The molecule has 1 saturated heterocycles. The summed E-state index contributed by atoms with van der Waals surface area (Å²) in [5.41, 5.74) is 2.54. The lowest BCUT2D eigenvalue weighted by atomic mass is 9.93. The normalized spacial score (nSPS) is 15.0. The zero-order valence-electron chi connectivity index (χ0n) is 15.9. The van der Waals surface area contributed by atoms with Crippen LogP contribution in [-0.4, -0.2) is 43.5 Å². The van der Waals surface area contributed by atoms with E-state index in [1.54, 1.807) is 6.07 Å². The number of rotatable bonds is 4. The minimum absolute atomic E-state index is 0.0319. The highest BCUT2D eigenvalue weighted by Crippen LogP contribution is 2.27. The van der Waals surface area contributed by atoms with Crippen molar-refractivity contribution in [1.29, 1.82) is 0 Å². The third-order valence-corrected chi connectivity index (χ3v) is 5.35. The Kier molecular flexibility index (Phi) is 5.06. The number of aromatic nitrogens is 4. The molecule has 144 valence electrons. The summed E-state index contributed by atoms with van der Waals surface area (Å²) in [4.78, 5) is 26.8. The first-order valence-corrected chi connectivity index (χ1v) is 9.51. The minimum atomic E-state index is -0.266. The first-order valence-electron chi connectivity index (χ1n) is 9.51. The lowest BCUT2D eigenvalue weighted by Gasteiger charge is -2.32. The molecule has 2 aromatic heterocycles. The zero-order chi connectivity index (χ0) is 19.5. The van der Waals surface area contributed by atoms with Crippen molar-refractivity contribution in [3.63, 3.8) is 0 Å². The number of amides is 1. The second kappa shape index (κ2) is 7.80. The van der Waals surface area contributed by atoms with E-state index in [9.17, 15) is 9.59 Å². The van der Waals surface area contributed by atoms with Crippen LogP contribution in [-0.2, 0) is 18.4 Å². The van der Waals surface area contributed by atoms with Crippen molar-refractivity contribution in [2.24, 2.45) is 7.05 Å². The van der Waals surface area contributed by atoms with Gasteiger partial charge in [-0.05, 0) is 25.0 Å². The van der Waals surface area contributed by atoms with Gasteiger partial charge in [0.25, 0.3) is 5.56 Å². The van der Waals surface area contributed by atoms with E-state index in [-0.39, 0.29) is 18.0 Å². The predicted molar refractivity (Wildman–Crippen MR) is 106 cm³/mol. The smallest absolute Gasteiger partial charge is 0.267 e. The van der Waals surface area contributed by atoms with E-state index >= 15 is 0 Å². The Morgan fingerprint density at radius 2 is 1.82 bits per heavy atom. The Balaban J connectivity index is 1.43. The maximum atomic E-state index is 12.7. The van der Waals surface area contributed by atoms with Crippen molar-refractivity contribution in [2.45, 2.75) is 25.3 Å². The summed E-state index contributed by atoms with van der Waals surface area (Å²) in [5, 5.41) is 8.62. The van der Waals surface area contributed by atoms with Crippen LogP contribution in [0.5, 0.6) is 0 Å². The van der Waals surface area contributed by atoms with Crippen molar-refractivity contribution in [1.82, 2.24) is 24.5 Å². The van der Waals surface area contributed by atoms with E-state index in [1.807, 2.05) is 59.2 Å². The average molecular weight is 377 g/mol. The fourth-order valence-electron chi connectivity index (χ4n) is 3.76. The fourth-order valence-corrected chi connectivity index (χ4v) is 3.76. The molecule has 0 radical (unpaired) electrons. The lowest BCUT2D eigenvalue weighted by molar-refractivity contribution is -0.133. The number of carbonyl (C=O) groups is 1. The van der Waals surface area contributed by atoms with Gasteiger partial charge in [0.15, 0.2) is 0 Å². The molecule has 0 bridgehead atoms. The van der Waals surface area contributed by atoms with Gasteiger partial charge in [-0.3, -0.25) is 14.3 Å². The van der Waals surface area contributed by atoms with Crippen LogP contribution in [0.3, 0.4) is 0 Å². The molecule has 0 saturated carbocycles. The van der Waals surface area contributed by atoms with Crippen LogP contribution in [0.1, 0.15) is 24.5 Å². The van der Waals surface area contributed by atoms with E-state index < -0.39 is 0 Å². The Morgan fingerprint density at radius 3 is 2.50 bits per heavy atom. The highest BCUT2D eigenvalue weighted by Gasteiger charge is 2.25. The van der Waals surface area contributed by atoms with Gasteiger partial charge in [-0.25, -0.2) is 4.68 Å². The molecule has 0 aliphatic carbocycles. The molecule has 3 aromatic rings. The molecule has 1 aliphatic heterocycles. The molecule has 1 fully saturated rings. The summed E-state index contributed by atoms with van der Waals surface area (Å²) in [5.74, 6) is 0.349. The molecule has 28 heavy (non-hydrogen) atoms. The molecule has 1 aromatic carbocycles. The highest BCUT2D eigenvalue weighted by molar-refractivity contribution is 5.76. The van der Waals surface area contributed by atoms with E-state index in [0.717, 1.165) is 18.4 Å². The summed E-state index contributed by atoms with van der Waals surface area (Å²) in [6.07, 6.45) is 3.61. The van der Waals surface area contributed by atoms with Crippen LogP contribution in [0.25, 0.3) is 11.3 Å². The number of hydrogen-bond acceptors (Lipinski definition) is 4. The topological polar surface area (TPSA) is 73.0 Å². The zero-order valence-corrected chi connectivity index (χ0v) is 15.9. The molecule has 0 spiro atoms. The van der Waals surface area contributed by atoms with Gasteiger partial charge in [-0.15, -0.1) is 0 Å². The van der Waals surface area contributed by atoms with Gasteiger partial charge < -0.3 is 4.90 Å². The van der Waals surface area contributed by atoms with Gasteiger partial charge in [0.05, 0.1) is 5.69 Å². The van der Waals surface area contributed by atoms with Gasteiger partial charge in [-0.2, -0.15) is 10.2 Å². The summed E-state index contributed by atoms with van der Waals surface area (Å²) in [6.45, 7) is 1.33. The Labute approximate surface area is 163 Å². The van der Waals surface area contributed by atoms with Gasteiger partial charge in [0, 0.05) is 49.6 Å². The maximum Gasteiger partial charge on any atom is 0.267 e. The quantitative estimate of drug-likeness (QED) is 0.698. The lowest BCUT2D eigenvalue weighted by Crippen LogP contribution is -2.41. The molecular formula is C21H23N5O2. The Morgan fingerprint density at radius 1 is 1.07 bits per heavy atom. The van der Waals surface area contributed by atoms with E-state index in [1.165, 1.54) is 16.4 Å². The van der Waals surface area contributed by atoms with Gasteiger partial charge in [0.2, 0.25) is 5.91 Å². The van der Waals surface area contributed by atoms with Crippen LogP contribution in [0.15, 0.2) is 59.5 Å². The van der Waals surface area contributed by atoms with Crippen LogP contribution >= 0.6 is 0 Å². The number of likely N-dealkylation sites (tertiary alicyclic amines) is 1. The van der Waals surface area contributed by atoms with E-state index in [4.69, 9.17) is 0 Å². The number of aryl methyl sites for hydroxylation is 1. The number of piperidine rings is 1. The molecule has 0 atom stereocenters. The van der Waals surface area contributed by atoms with Crippen LogP contribution in [0.4, 0.5) is 0 Å². The van der Waals surface area contributed by atoms with Crippen LogP contribution in [0.2, 0.25) is 0 Å². The molecule has 0 unspecified atom stereocenters. The van der Waals surface area contributed by atoms with Gasteiger partial charge >= 0.3 is 0 Å². The monoisotopic (exact) mass is 377 g/mol. The Hall–Kier alpha value is -3.22. The maximum absolute atomic E-state index is 12.7. The number of nitrogens with zero attached hydrogens (tertiary/aromatic N) is 5. The molecule has 7 nitrogen and oxygen atoms in total. The third kappa shape index (κ3) is 3.74. The summed E-state index contributed by atoms with van der Waals surface area (Å²) < 4.78 is 3.17. The molecule has 7 heteroatoms. The number of carbonyl (C=O) groups excluding carboxylic acids is 1. The van der Waals surface area contributed by atoms with Crippen LogP contribution < -0.4 is 5.56 Å². The van der Waals surface area contributed by atoms with E-state index in [0.29, 0.717) is 24.7 Å². The molecule has 0 N–H and O–H groups in total. The largest absolute Gasteiger partial charge is 0.341 e. The SMILES string of the molecule is Cn1nccc1C1CCN(C(=O)Cn2nc(-c3ccccc3)ccc2=O)CC1. The average Bonchev–Trinajstić information content (AvgIpc) is 3.16. The molecule has 3 heterocycles. The molecule has 1 amide bonds. The summed E-state index contributed by atoms with van der Waals surface area (Å²) in [6, 6.07) is 14.8. The van der Waals surface area contributed by atoms with Crippen molar-refractivity contribution < 1.29 is 4.79 Å². The summed E-state index contributed by atoms with van der Waals surface area (Å²) >= 11 is 0. The number of benzene rings is 1. The van der Waals surface area contributed by atoms with E-state index in [2.05, 4.69) is 10.2 Å². The first-order chi connectivity index (χ1) is 13.6. The second-order valence-electron chi connectivity index (χ2n) is 7.12. The minimum Gasteiger partial charge on any atom is -0.341 e. The van der Waals surface area contributed by atoms with Crippen molar-refractivity contribution >= 4 is 5.91 Å². The standard InChI is InChI=1S/C21H23N5O2/c1-24-19(9-12-22-24)17-10-13-25(14-11-17)21(28)15-26-20(27)8-7-18(23-26)16-5-3-2-4-6-16/h2-9,12,17H,10-11,13-15H2,1H3. The summed E-state index contributed by atoms with van der Waals surface area (Å²) in [7, 11) is 1.95. The predicted octanol–water partition coefficient (Wildman–Crippen LogP) is 2.05. The molecular weight excluding hydrogens is 354 g/mol. The Bertz CT molecular complexity index is 1020. The van der Waals surface area contributed by atoms with Crippen LogP contribution in [0, 0.1) is 0 Å². The second-order valence-corrected chi connectivity index (χ2v) is 7.12. The molecule has 4 rings (SSSR count). The highest BCUT2D eigenvalue weighted by atomic mass is 16.2. The van der Waals surface area contributed by atoms with Gasteiger partial charge in [-0.1, -0.05) is 30.3 Å². The first kappa shape index (κ1) is 18.2. The fraction of sp³-hybridized carbons (Fsp3) is 0.333. The van der Waals surface area contributed by atoms with Crippen molar-refractivity contribution in [2.75, 3.05) is 13.1 Å².